The van der Waals surface area contributed by atoms with Gasteiger partial charge in [-0.3, -0.25) is 0 Å². The third-order valence-electron chi connectivity index (χ3n) is 5.12. The van der Waals surface area contributed by atoms with Crippen LogP contribution in [0.25, 0.3) is 0 Å². The lowest BCUT2D eigenvalue weighted by Crippen LogP contribution is -2.21. The summed E-state index contributed by atoms with van der Waals surface area (Å²) in [6.07, 6.45) is 25.2. The van der Waals surface area contributed by atoms with E-state index in [9.17, 15) is 0 Å². The molecule has 0 aromatic heterocycles. The summed E-state index contributed by atoms with van der Waals surface area (Å²) in [6, 6.07) is 0.866. The summed E-state index contributed by atoms with van der Waals surface area (Å²) < 4.78 is 5.14. The molecule has 0 fully saturated rings. The molecular formula is C21H44Cl2OSi. The first-order valence-electron chi connectivity index (χ1n) is 11.1. The van der Waals surface area contributed by atoms with E-state index in [-0.39, 0.29) is 0 Å². The Morgan fingerprint density at radius 1 is 0.520 bits per heavy atom. The Hall–Kier alpha value is 0.757. The molecule has 0 aliphatic heterocycles. The average Bonchev–Trinajstić information content (AvgIpc) is 2.60. The van der Waals surface area contributed by atoms with Crippen molar-refractivity contribution < 1.29 is 4.43 Å². The highest BCUT2D eigenvalue weighted by Crippen LogP contribution is 2.24. The molecular weight excluding hydrogens is 367 g/mol. The van der Waals surface area contributed by atoms with Crippen molar-refractivity contribution in [1.82, 2.24) is 0 Å². The Labute approximate surface area is 169 Å². The van der Waals surface area contributed by atoms with Gasteiger partial charge in [-0.15, -0.1) is 22.2 Å². The van der Waals surface area contributed by atoms with Crippen LogP contribution in [-0.2, 0) is 4.43 Å². The van der Waals surface area contributed by atoms with Crippen LogP contribution in [0.1, 0.15) is 122 Å². The predicted octanol–water partition coefficient (Wildman–Crippen LogP) is 9.09. The van der Waals surface area contributed by atoms with Crippen molar-refractivity contribution in [1.29, 1.82) is 0 Å². The van der Waals surface area contributed by atoms with Crippen LogP contribution in [0.3, 0.4) is 0 Å². The topological polar surface area (TPSA) is 9.23 Å². The standard InChI is InChI=1S/C21H44Cl2OSi/c1-3-4-5-6-7-8-9-10-11-12-13-14-15-16-17-18-19-20-21-25(22,23)24-2/h3-21H2,1-2H3. The van der Waals surface area contributed by atoms with Gasteiger partial charge in [-0.05, 0) is 6.04 Å². The Bertz CT molecular complexity index is 262. The Morgan fingerprint density at radius 3 is 1.08 bits per heavy atom. The van der Waals surface area contributed by atoms with E-state index in [2.05, 4.69) is 6.92 Å². The summed E-state index contributed by atoms with van der Waals surface area (Å²) >= 11 is 12.2. The predicted molar refractivity (Wildman–Crippen MR) is 118 cm³/mol. The van der Waals surface area contributed by atoms with Gasteiger partial charge in [0, 0.05) is 7.11 Å². The molecule has 4 heteroatoms. The monoisotopic (exact) mass is 410 g/mol. The summed E-state index contributed by atoms with van der Waals surface area (Å²) in [4.78, 5) is 0. The van der Waals surface area contributed by atoms with Gasteiger partial charge in [0.1, 0.15) is 0 Å². The van der Waals surface area contributed by atoms with Crippen molar-refractivity contribution in [3.63, 3.8) is 0 Å². The zero-order chi connectivity index (χ0) is 18.6. The molecule has 1 nitrogen and oxygen atoms in total. The maximum absolute atomic E-state index is 6.08. The molecule has 0 aromatic rings. The minimum absolute atomic E-state index is 0.866. The van der Waals surface area contributed by atoms with E-state index < -0.39 is 6.94 Å². The van der Waals surface area contributed by atoms with E-state index in [0.717, 1.165) is 12.5 Å². The minimum Gasteiger partial charge on any atom is -0.396 e. The third kappa shape index (κ3) is 20.9. The van der Waals surface area contributed by atoms with Crippen LogP contribution in [0.2, 0.25) is 6.04 Å². The first kappa shape index (κ1) is 25.8. The number of hydrogen-bond donors (Lipinski definition) is 0. The van der Waals surface area contributed by atoms with Gasteiger partial charge in [0.15, 0.2) is 0 Å². The first-order valence-corrected chi connectivity index (χ1v) is 15.2. The Morgan fingerprint density at radius 2 is 0.800 bits per heavy atom. The number of unbranched alkanes of at least 4 members (excludes halogenated alkanes) is 17. The Balaban J connectivity index is 3.05. The zero-order valence-electron chi connectivity index (χ0n) is 17.1. The molecule has 25 heavy (non-hydrogen) atoms. The van der Waals surface area contributed by atoms with E-state index in [0.29, 0.717) is 0 Å². The van der Waals surface area contributed by atoms with Crippen LogP contribution in [-0.4, -0.2) is 14.0 Å². The van der Waals surface area contributed by atoms with Crippen LogP contribution in [0.15, 0.2) is 0 Å². The van der Waals surface area contributed by atoms with E-state index >= 15 is 0 Å². The van der Waals surface area contributed by atoms with Gasteiger partial charge >= 0.3 is 6.94 Å². The van der Waals surface area contributed by atoms with Crippen molar-refractivity contribution in [2.24, 2.45) is 0 Å². The molecule has 152 valence electrons. The fourth-order valence-electron chi connectivity index (χ4n) is 3.33. The van der Waals surface area contributed by atoms with Crippen molar-refractivity contribution in [2.75, 3.05) is 7.11 Å². The second-order valence-electron chi connectivity index (χ2n) is 7.60. The van der Waals surface area contributed by atoms with E-state index in [1.165, 1.54) is 109 Å². The molecule has 0 heterocycles. The van der Waals surface area contributed by atoms with Gasteiger partial charge in [0.2, 0.25) is 0 Å². The quantitative estimate of drug-likeness (QED) is 0.110. The van der Waals surface area contributed by atoms with E-state index in [1.54, 1.807) is 7.11 Å². The fourth-order valence-corrected chi connectivity index (χ4v) is 5.00. The molecule has 0 aromatic carbocycles. The second kappa shape index (κ2) is 19.5. The highest BCUT2D eigenvalue weighted by Gasteiger charge is 2.27. The summed E-state index contributed by atoms with van der Waals surface area (Å²) in [5.74, 6) is 0. The zero-order valence-corrected chi connectivity index (χ0v) is 19.6. The fraction of sp³-hybridized carbons (Fsp3) is 1.00. The van der Waals surface area contributed by atoms with Gasteiger partial charge in [0.25, 0.3) is 0 Å². The molecule has 0 amide bonds. The highest BCUT2D eigenvalue weighted by molar-refractivity contribution is 7.42. The first-order chi connectivity index (χ1) is 12.1. The Kier molecular flexibility index (Phi) is 20.1. The second-order valence-corrected chi connectivity index (χ2v) is 14.0. The van der Waals surface area contributed by atoms with Crippen LogP contribution < -0.4 is 0 Å². The van der Waals surface area contributed by atoms with Gasteiger partial charge < -0.3 is 4.43 Å². The van der Waals surface area contributed by atoms with Crippen molar-refractivity contribution in [3.05, 3.63) is 0 Å². The maximum Gasteiger partial charge on any atom is 0.389 e. The lowest BCUT2D eigenvalue weighted by atomic mass is 10.0. The largest absolute Gasteiger partial charge is 0.396 e. The molecule has 0 radical (unpaired) electrons. The summed E-state index contributed by atoms with van der Waals surface area (Å²) in [5, 5.41) is 0. The average molecular weight is 412 g/mol. The van der Waals surface area contributed by atoms with E-state index in [4.69, 9.17) is 26.6 Å². The SMILES string of the molecule is CCCCCCCCCCCCCCCCCCCC[Si](Cl)(Cl)OC. The normalized spacial score (nSPS) is 12.0. The third-order valence-corrected chi connectivity index (χ3v) is 8.71. The number of hydrogen-bond acceptors (Lipinski definition) is 1. The van der Waals surface area contributed by atoms with Gasteiger partial charge in [-0.25, -0.2) is 0 Å². The summed E-state index contributed by atoms with van der Waals surface area (Å²) in [5.41, 5.74) is 0. The van der Waals surface area contributed by atoms with E-state index in [1.807, 2.05) is 0 Å². The lowest BCUT2D eigenvalue weighted by molar-refractivity contribution is 0.424. The highest BCUT2D eigenvalue weighted by atomic mass is 35.7. The molecule has 0 N–H and O–H groups in total. The molecule has 0 atom stereocenters. The molecule has 0 bridgehead atoms. The van der Waals surface area contributed by atoms with Crippen LogP contribution in [0.4, 0.5) is 0 Å². The van der Waals surface area contributed by atoms with Crippen LogP contribution in [0.5, 0.6) is 0 Å². The van der Waals surface area contributed by atoms with Crippen molar-refractivity contribution in [3.8, 4) is 0 Å². The molecule has 0 rings (SSSR count). The van der Waals surface area contributed by atoms with Gasteiger partial charge in [-0.1, -0.05) is 122 Å². The van der Waals surface area contributed by atoms with Crippen molar-refractivity contribution in [2.45, 2.75) is 129 Å². The molecule has 0 unspecified atom stereocenters. The molecule has 0 aliphatic carbocycles. The van der Waals surface area contributed by atoms with Gasteiger partial charge in [-0.2, -0.15) is 0 Å². The summed E-state index contributed by atoms with van der Waals surface area (Å²) in [7, 11) is 1.63. The van der Waals surface area contributed by atoms with Crippen LogP contribution >= 0.6 is 22.2 Å². The van der Waals surface area contributed by atoms with Crippen LogP contribution in [0, 0.1) is 0 Å². The smallest absolute Gasteiger partial charge is 0.389 e. The number of halogens is 2. The molecule has 0 spiro atoms. The van der Waals surface area contributed by atoms with Crippen molar-refractivity contribution >= 4 is 29.1 Å². The lowest BCUT2D eigenvalue weighted by Gasteiger charge is -2.13. The minimum atomic E-state index is -2.34. The number of rotatable bonds is 20. The molecule has 0 aliphatic rings. The summed E-state index contributed by atoms with van der Waals surface area (Å²) in [6.45, 7) is -0.0543. The maximum atomic E-state index is 6.08. The van der Waals surface area contributed by atoms with Gasteiger partial charge in [0.05, 0.1) is 0 Å². The molecule has 0 saturated heterocycles. The molecule has 0 saturated carbocycles.